The number of anilines is 1. The third kappa shape index (κ3) is 4.98. The van der Waals surface area contributed by atoms with Gasteiger partial charge in [-0.05, 0) is 51.8 Å². The van der Waals surface area contributed by atoms with Crippen LogP contribution in [0.1, 0.15) is 27.7 Å². The van der Waals surface area contributed by atoms with E-state index in [0.29, 0.717) is 10.8 Å². The van der Waals surface area contributed by atoms with Gasteiger partial charge in [-0.2, -0.15) is 0 Å². The Hall–Kier alpha value is -3.87. The molecule has 5 rings (SSSR count). The van der Waals surface area contributed by atoms with Gasteiger partial charge in [0.15, 0.2) is 0 Å². The van der Waals surface area contributed by atoms with Crippen LogP contribution in [-0.4, -0.2) is 31.2 Å². The van der Waals surface area contributed by atoms with Gasteiger partial charge in [0.25, 0.3) is 0 Å². The first-order chi connectivity index (χ1) is 18.6. The number of H-pyrrole nitrogens is 1. The molecule has 39 heavy (non-hydrogen) atoms. The Labute approximate surface area is 235 Å². The van der Waals surface area contributed by atoms with Crippen LogP contribution in [0.5, 0.6) is 5.75 Å². The van der Waals surface area contributed by atoms with Gasteiger partial charge in [-0.25, -0.2) is 4.98 Å². The molecule has 0 aliphatic carbocycles. The number of aromatic amines is 1. The number of nitrogens with one attached hydrogen (secondary N) is 1. The van der Waals surface area contributed by atoms with Gasteiger partial charge in [0, 0.05) is 24.6 Å². The molecule has 1 amide bonds. The SMILES string of the molecule is CC(=O)N(C)c1ccc(O[Si](c2ccccc2)(c2ccccc2)C(C)(C)C)cc1-c1nc2ccc(Cl)cc2[nH]1. The number of aromatic nitrogens is 2. The van der Waals surface area contributed by atoms with Gasteiger partial charge >= 0.3 is 8.32 Å². The van der Waals surface area contributed by atoms with Crippen LogP contribution in [0.15, 0.2) is 97.1 Å². The summed E-state index contributed by atoms with van der Waals surface area (Å²) in [5.74, 6) is 1.29. The minimum absolute atomic E-state index is 0.0731. The highest BCUT2D eigenvalue weighted by Gasteiger charge is 2.52. The smallest absolute Gasteiger partial charge is 0.319 e. The largest absolute Gasteiger partial charge is 0.534 e. The molecule has 4 aromatic carbocycles. The van der Waals surface area contributed by atoms with E-state index in [-0.39, 0.29) is 10.9 Å². The van der Waals surface area contributed by atoms with Gasteiger partial charge < -0.3 is 14.3 Å². The molecule has 0 spiro atoms. The first kappa shape index (κ1) is 26.7. The van der Waals surface area contributed by atoms with Gasteiger partial charge in [-0.15, -0.1) is 0 Å². The molecule has 0 saturated carbocycles. The maximum Gasteiger partial charge on any atom is 0.319 e. The number of nitrogens with zero attached hydrogens (tertiary/aromatic N) is 2. The van der Waals surface area contributed by atoms with Crippen LogP contribution < -0.4 is 19.7 Å². The van der Waals surface area contributed by atoms with Crippen molar-refractivity contribution in [3.8, 4) is 17.1 Å². The van der Waals surface area contributed by atoms with Crippen molar-refractivity contribution >= 4 is 52.9 Å². The molecule has 0 bridgehead atoms. The van der Waals surface area contributed by atoms with Crippen molar-refractivity contribution in [3.05, 3.63) is 102 Å². The van der Waals surface area contributed by atoms with E-state index >= 15 is 0 Å². The predicted octanol–water partition coefficient (Wildman–Crippen LogP) is 6.80. The van der Waals surface area contributed by atoms with Crippen LogP contribution in [-0.2, 0) is 4.79 Å². The highest BCUT2D eigenvalue weighted by molar-refractivity contribution is 7.00. The Morgan fingerprint density at radius 3 is 2.08 bits per heavy atom. The second-order valence-electron chi connectivity index (χ2n) is 10.8. The zero-order chi connectivity index (χ0) is 27.8. The van der Waals surface area contributed by atoms with E-state index in [4.69, 9.17) is 21.0 Å². The molecule has 7 heteroatoms. The fraction of sp³-hybridized carbons (Fsp3) is 0.188. The molecule has 0 fully saturated rings. The zero-order valence-corrected chi connectivity index (χ0v) is 24.6. The van der Waals surface area contributed by atoms with Crippen LogP contribution in [0.25, 0.3) is 22.4 Å². The lowest BCUT2D eigenvalue weighted by Gasteiger charge is -2.43. The van der Waals surface area contributed by atoms with E-state index < -0.39 is 8.32 Å². The summed E-state index contributed by atoms with van der Waals surface area (Å²) < 4.78 is 7.26. The van der Waals surface area contributed by atoms with Crippen molar-refractivity contribution in [2.24, 2.45) is 0 Å². The highest BCUT2D eigenvalue weighted by atomic mass is 35.5. The number of benzene rings is 4. The van der Waals surface area contributed by atoms with Crippen molar-refractivity contribution in [3.63, 3.8) is 0 Å². The molecule has 1 aromatic heterocycles. The number of imidazole rings is 1. The lowest BCUT2D eigenvalue weighted by Crippen LogP contribution is -2.68. The summed E-state index contributed by atoms with van der Waals surface area (Å²) in [4.78, 5) is 22.3. The lowest BCUT2D eigenvalue weighted by atomic mass is 10.1. The monoisotopic (exact) mass is 553 g/mol. The first-order valence-electron chi connectivity index (χ1n) is 12.9. The zero-order valence-electron chi connectivity index (χ0n) is 22.8. The van der Waals surface area contributed by atoms with Crippen LogP contribution in [0.3, 0.4) is 0 Å². The van der Waals surface area contributed by atoms with Gasteiger partial charge in [-0.1, -0.05) is 93.0 Å². The summed E-state index contributed by atoms with van der Waals surface area (Å²) in [6.45, 7) is 8.30. The van der Waals surface area contributed by atoms with Gasteiger partial charge in [0.2, 0.25) is 5.91 Å². The van der Waals surface area contributed by atoms with Crippen LogP contribution in [0.2, 0.25) is 10.1 Å². The lowest BCUT2D eigenvalue weighted by molar-refractivity contribution is -0.116. The summed E-state index contributed by atoms with van der Waals surface area (Å²) in [6.07, 6.45) is 0. The number of rotatable bonds is 6. The minimum atomic E-state index is -2.85. The van der Waals surface area contributed by atoms with Crippen molar-refractivity contribution in [2.45, 2.75) is 32.7 Å². The highest BCUT2D eigenvalue weighted by Crippen LogP contribution is 2.40. The average Bonchev–Trinajstić information content (AvgIpc) is 3.34. The number of hydrogen-bond acceptors (Lipinski definition) is 3. The summed E-state index contributed by atoms with van der Waals surface area (Å²) in [6, 6.07) is 32.5. The van der Waals surface area contributed by atoms with Crippen molar-refractivity contribution < 1.29 is 9.22 Å². The van der Waals surface area contributed by atoms with E-state index in [9.17, 15) is 4.79 Å². The molecular weight excluding hydrogens is 522 g/mol. The van der Waals surface area contributed by atoms with Gasteiger partial charge in [0.05, 0.1) is 16.7 Å². The molecule has 0 atom stereocenters. The number of halogens is 1. The van der Waals surface area contributed by atoms with Crippen LogP contribution >= 0.6 is 11.6 Å². The molecule has 0 radical (unpaired) electrons. The maximum absolute atomic E-state index is 12.4. The van der Waals surface area contributed by atoms with E-state index in [2.05, 4.69) is 74.3 Å². The fourth-order valence-corrected chi connectivity index (χ4v) is 9.75. The number of carbonyl (C=O) groups excluding carboxylic acids is 1. The molecule has 198 valence electrons. The average molecular weight is 554 g/mol. The maximum atomic E-state index is 12.4. The third-order valence-corrected chi connectivity index (χ3v) is 12.4. The first-order valence-corrected chi connectivity index (χ1v) is 15.2. The second-order valence-corrected chi connectivity index (χ2v) is 15.4. The molecule has 5 nitrogen and oxygen atoms in total. The molecule has 0 saturated heterocycles. The number of fused-ring (bicyclic) bond motifs is 1. The third-order valence-electron chi connectivity index (χ3n) is 7.19. The quantitative estimate of drug-likeness (QED) is 0.235. The number of carbonyl (C=O) groups is 1. The van der Waals surface area contributed by atoms with Crippen LogP contribution in [0, 0.1) is 0 Å². The predicted molar refractivity (Wildman–Crippen MR) is 164 cm³/mol. The Kier molecular flexibility index (Phi) is 7.10. The molecular formula is C32H32ClN3O2Si. The Bertz CT molecular complexity index is 1590. The normalized spacial score (nSPS) is 11.9. The Balaban J connectivity index is 1.72. The molecule has 0 aliphatic rings. The standard InChI is InChI=1S/C32H32ClN3O2Si/c1-22(37)36(5)30-19-17-24(21-27(30)31-34-28-18-16-23(33)20-29(28)35-31)38-39(32(2,3)4,25-12-8-6-9-13-25)26-14-10-7-11-15-26/h6-21H,1-5H3,(H,34,35). The molecule has 0 unspecified atom stereocenters. The van der Waals surface area contributed by atoms with E-state index in [1.807, 2.05) is 48.5 Å². The van der Waals surface area contributed by atoms with Crippen molar-refractivity contribution in [2.75, 3.05) is 11.9 Å². The Morgan fingerprint density at radius 2 is 1.51 bits per heavy atom. The summed E-state index contributed by atoms with van der Waals surface area (Å²) in [5, 5.41) is 2.81. The topological polar surface area (TPSA) is 58.2 Å². The summed E-state index contributed by atoms with van der Waals surface area (Å²) in [7, 11) is -1.08. The second kappa shape index (κ2) is 10.4. The van der Waals surface area contributed by atoms with Gasteiger partial charge in [-0.3, -0.25) is 4.79 Å². The molecule has 1 heterocycles. The molecule has 0 aliphatic heterocycles. The van der Waals surface area contributed by atoms with E-state index in [1.165, 1.54) is 10.4 Å². The molecule has 1 N–H and O–H groups in total. The number of hydrogen-bond donors (Lipinski definition) is 1. The summed E-state index contributed by atoms with van der Waals surface area (Å²) >= 11 is 6.24. The van der Waals surface area contributed by atoms with Crippen molar-refractivity contribution in [1.82, 2.24) is 9.97 Å². The van der Waals surface area contributed by atoms with E-state index in [1.54, 1.807) is 18.9 Å². The Morgan fingerprint density at radius 1 is 0.897 bits per heavy atom. The van der Waals surface area contributed by atoms with Crippen LogP contribution in [0.4, 0.5) is 5.69 Å². The van der Waals surface area contributed by atoms with E-state index in [0.717, 1.165) is 28.0 Å². The minimum Gasteiger partial charge on any atom is -0.534 e. The number of amides is 1. The molecule has 5 aromatic rings. The van der Waals surface area contributed by atoms with Gasteiger partial charge in [0.1, 0.15) is 11.6 Å². The fourth-order valence-electron chi connectivity index (χ4n) is 5.17. The van der Waals surface area contributed by atoms with Crippen molar-refractivity contribution in [1.29, 1.82) is 0 Å². The summed E-state index contributed by atoms with van der Waals surface area (Å²) in [5.41, 5.74) is 3.13.